The second-order valence-corrected chi connectivity index (χ2v) is 5.51. The Bertz CT molecular complexity index is 676. The predicted octanol–water partition coefficient (Wildman–Crippen LogP) is 1.49. The van der Waals surface area contributed by atoms with Crippen molar-refractivity contribution in [2.45, 2.75) is 18.2 Å². The molecule has 0 bridgehead atoms. The molecule has 0 fully saturated rings. The fourth-order valence-corrected chi connectivity index (χ4v) is 2.91. The summed E-state index contributed by atoms with van der Waals surface area (Å²) in [5.41, 5.74) is 6.05. The number of aromatic amines is 1. The van der Waals surface area contributed by atoms with E-state index in [2.05, 4.69) is 14.9 Å². The highest BCUT2D eigenvalue weighted by atomic mass is 32.2. The largest absolute Gasteiger partial charge is 0.398 e. The normalized spacial score (nSPS) is 11.5. The van der Waals surface area contributed by atoms with Crippen molar-refractivity contribution in [1.82, 2.24) is 10.2 Å². The van der Waals surface area contributed by atoms with Crippen molar-refractivity contribution in [2.75, 3.05) is 10.5 Å². The molecule has 0 aliphatic carbocycles. The minimum absolute atomic E-state index is 0.148. The third-order valence-electron chi connectivity index (χ3n) is 2.60. The van der Waals surface area contributed by atoms with Gasteiger partial charge in [-0.1, -0.05) is 13.0 Å². The molecule has 0 amide bonds. The molecule has 1 heterocycles. The van der Waals surface area contributed by atoms with Gasteiger partial charge in [0.2, 0.25) is 0 Å². The fourth-order valence-electron chi connectivity index (χ4n) is 1.66. The lowest BCUT2D eigenvalue weighted by Crippen LogP contribution is -2.17. The summed E-state index contributed by atoms with van der Waals surface area (Å²) >= 11 is 0. The molecule has 0 aliphatic heterocycles. The number of H-pyrrole nitrogens is 1. The Morgan fingerprint density at radius 1 is 1.47 bits per heavy atom. The summed E-state index contributed by atoms with van der Waals surface area (Å²) in [6.07, 6.45) is 2.09. The van der Waals surface area contributed by atoms with Crippen molar-refractivity contribution < 1.29 is 12.8 Å². The molecule has 8 heteroatoms. The highest BCUT2D eigenvalue weighted by Gasteiger charge is 2.23. The summed E-state index contributed by atoms with van der Waals surface area (Å²) < 4.78 is 40.1. The van der Waals surface area contributed by atoms with E-state index in [0.29, 0.717) is 12.0 Å². The Morgan fingerprint density at radius 3 is 2.84 bits per heavy atom. The SMILES string of the molecule is CCc1cn[nH]c1NS(=O)(=O)c1c(N)cccc1F. The van der Waals surface area contributed by atoms with Gasteiger partial charge in [0.1, 0.15) is 16.5 Å². The van der Waals surface area contributed by atoms with E-state index >= 15 is 0 Å². The highest BCUT2D eigenvalue weighted by molar-refractivity contribution is 7.92. The number of benzene rings is 1. The van der Waals surface area contributed by atoms with E-state index in [1.54, 1.807) is 0 Å². The van der Waals surface area contributed by atoms with Crippen LogP contribution in [0.25, 0.3) is 0 Å². The van der Waals surface area contributed by atoms with Gasteiger partial charge in [-0.2, -0.15) is 5.10 Å². The van der Waals surface area contributed by atoms with Crippen molar-refractivity contribution in [1.29, 1.82) is 0 Å². The number of halogens is 1. The molecule has 0 radical (unpaired) electrons. The molecule has 0 atom stereocenters. The summed E-state index contributed by atoms with van der Waals surface area (Å²) in [6, 6.07) is 3.71. The van der Waals surface area contributed by atoms with Crippen LogP contribution in [0.3, 0.4) is 0 Å². The van der Waals surface area contributed by atoms with Gasteiger partial charge in [-0.25, -0.2) is 12.8 Å². The average molecular weight is 284 g/mol. The third kappa shape index (κ3) is 2.53. The van der Waals surface area contributed by atoms with Gasteiger partial charge in [0.25, 0.3) is 10.0 Å². The highest BCUT2D eigenvalue weighted by Crippen LogP contribution is 2.24. The molecule has 0 saturated carbocycles. The minimum Gasteiger partial charge on any atom is -0.398 e. The fraction of sp³-hybridized carbons (Fsp3) is 0.182. The van der Waals surface area contributed by atoms with Crippen LogP contribution in [-0.2, 0) is 16.4 Å². The predicted molar refractivity (Wildman–Crippen MR) is 69.6 cm³/mol. The quantitative estimate of drug-likeness (QED) is 0.740. The molecular weight excluding hydrogens is 271 g/mol. The first-order valence-electron chi connectivity index (χ1n) is 5.54. The third-order valence-corrected chi connectivity index (χ3v) is 4.04. The summed E-state index contributed by atoms with van der Waals surface area (Å²) in [4.78, 5) is -0.563. The maximum absolute atomic E-state index is 13.6. The first-order valence-corrected chi connectivity index (χ1v) is 7.03. The Balaban J connectivity index is 2.44. The van der Waals surface area contributed by atoms with Crippen LogP contribution < -0.4 is 10.5 Å². The second kappa shape index (κ2) is 4.88. The van der Waals surface area contributed by atoms with Crippen LogP contribution in [0.2, 0.25) is 0 Å². The molecule has 2 rings (SSSR count). The first-order chi connectivity index (χ1) is 8.95. The van der Waals surface area contributed by atoms with Crippen LogP contribution in [0.15, 0.2) is 29.3 Å². The van der Waals surface area contributed by atoms with Crippen molar-refractivity contribution >= 4 is 21.5 Å². The number of hydrogen-bond donors (Lipinski definition) is 3. The van der Waals surface area contributed by atoms with Crippen LogP contribution in [0.4, 0.5) is 15.9 Å². The second-order valence-electron chi connectivity index (χ2n) is 3.89. The Kier molecular flexibility index (Phi) is 3.43. The summed E-state index contributed by atoms with van der Waals surface area (Å²) in [5.74, 6) is -0.685. The van der Waals surface area contributed by atoms with Crippen LogP contribution in [0, 0.1) is 5.82 Å². The molecule has 19 heavy (non-hydrogen) atoms. The summed E-state index contributed by atoms with van der Waals surface area (Å²) in [5, 5.41) is 6.26. The van der Waals surface area contributed by atoms with Crippen LogP contribution >= 0.6 is 0 Å². The number of nitrogens with zero attached hydrogens (tertiary/aromatic N) is 1. The summed E-state index contributed by atoms with van der Waals surface area (Å²) in [6.45, 7) is 1.85. The molecule has 1 aromatic carbocycles. The number of anilines is 2. The maximum atomic E-state index is 13.6. The molecule has 1 aromatic heterocycles. The summed E-state index contributed by atoms with van der Waals surface area (Å²) in [7, 11) is -4.10. The van der Waals surface area contributed by atoms with E-state index in [1.807, 2.05) is 6.92 Å². The van der Waals surface area contributed by atoms with E-state index in [9.17, 15) is 12.8 Å². The molecule has 0 spiro atoms. The van der Waals surface area contributed by atoms with E-state index < -0.39 is 20.7 Å². The number of sulfonamides is 1. The molecule has 102 valence electrons. The zero-order valence-electron chi connectivity index (χ0n) is 10.1. The van der Waals surface area contributed by atoms with Crippen LogP contribution in [0.1, 0.15) is 12.5 Å². The Labute approximate surface area is 109 Å². The molecule has 0 unspecified atom stereocenters. The lowest BCUT2D eigenvalue weighted by Gasteiger charge is -2.10. The minimum atomic E-state index is -4.10. The molecule has 0 saturated heterocycles. The number of nitrogen functional groups attached to an aromatic ring is 1. The zero-order valence-corrected chi connectivity index (χ0v) is 11.0. The number of hydrogen-bond acceptors (Lipinski definition) is 4. The number of nitrogens with one attached hydrogen (secondary N) is 2. The Hall–Kier alpha value is -2.09. The van der Waals surface area contributed by atoms with Gasteiger partial charge < -0.3 is 5.73 Å². The van der Waals surface area contributed by atoms with Crippen molar-refractivity contribution in [2.24, 2.45) is 0 Å². The monoisotopic (exact) mass is 284 g/mol. The zero-order chi connectivity index (χ0) is 14.0. The molecule has 4 N–H and O–H groups in total. The molecule has 6 nitrogen and oxygen atoms in total. The molecule has 2 aromatic rings. The first kappa shape index (κ1) is 13.3. The number of nitrogens with two attached hydrogens (primary N) is 1. The van der Waals surface area contributed by atoms with Gasteiger partial charge in [-0.15, -0.1) is 0 Å². The molecule has 0 aliphatic rings. The van der Waals surface area contributed by atoms with E-state index in [1.165, 1.54) is 18.3 Å². The van der Waals surface area contributed by atoms with Gasteiger partial charge >= 0.3 is 0 Å². The van der Waals surface area contributed by atoms with Crippen LogP contribution in [0.5, 0.6) is 0 Å². The lowest BCUT2D eigenvalue weighted by atomic mass is 10.3. The van der Waals surface area contributed by atoms with Crippen molar-refractivity contribution in [3.05, 3.63) is 35.8 Å². The topological polar surface area (TPSA) is 101 Å². The Morgan fingerprint density at radius 2 is 2.21 bits per heavy atom. The smallest absolute Gasteiger partial charge is 0.268 e. The van der Waals surface area contributed by atoms with Crippen LogP contribution in [-0.4, -0.2) is 18.6 Å². The van der Waals surface area contributed by atoms with E-state index in [4.69, 9.17) is 5.73 Å². The van der Waals surface area contributed by atoms with Crippen molar-refractivity contribution in [3.63, 3.8) is 0 Å². The van der Waals surface area contributed by atoms with Gasteiger partial charge in [-0.3, -0.25) is 9.82 Å². The molecular formula is C11H13FN4O2S. The van der Waals surface area contributed by atoms with E-state index in [0.717, 1.165) is 6.07 Å². The van der Waals surface area contributed by atoms with Gasteiger partial charge in [-0.05, 0) is 18.6 Å². The van der Waals surface area contributed by atoms with E-state index in [-0.39, 0.29) is 11.5 Å². The van der Waals surface area contributed by atoms with Gasteiger partial charge in [0.05, 0.1) is 11.9 Å². The number of rotatable bonds is 4. The average Bonchev–Trinajstić information content (AvgIpc) is 2.74. The van der Waals surface area contributed by atoms with Gasteiger partial charge in [0.15, 0.2) is 0 Å². The number of aryl methyl sites for hydroxylation is 1. The lowest BCUT2D eigenvalue weighted by molar-refractivity contribution is 0.571. The maximum Gasteiger partial charge on any atom is 0.268 e. The van der Waals surface area contributed by atoms with Gasteiger partial charge in [0, 0.05) is 5.56 Å². The number of aromatic nitrogens is 2. The standard InChI is InChI=1S/C11H13FN4O2S/c1-2-7-6-14-15-11(7)16-19(17,18)10-8(12)4-3-5-9(10)13/h3-6H,2,13H2,1H3,(H2,14,15,16). The van der Waals surface area contributed by atoms with Crippen molar-refractivity contribution in [3.8, 4) is 0 Å².